The topological polar surface area (TPSA) is 52.7 Å². The molecular formula is C23H29N3O2. The summed E-state index contributed by atoms with van der Waals surface area (Å²) in [6.45, 7) is 8.63. The molecule has 5 nitrogen and oxygen atoms in total. The van der Waals surface area contributed by atoms with Crippen molar-refractivity contribution in [1.82, 2.24) is 9.80 Å². The first-order valence-corrected chi connectivity index (χ1v) is 10.1. The minimum atomic E-state index is -0.121. The second-order valence-corrected chi connectivity index (χ2v) is 7.23. The first-order valence-electron chi connectivity index (χ1n) is 10.1. The van der Waals surface area contributed by atoms with E-state index < -0.39 is 0 Å². The van der Waals surface area contributed by atoms with E-state index in [9.17, 15) is 9.59 Å². The predicted molar refractivity (Wildman–Crippen MR) is 112 cm³/mol. The van der Waals surface area contributed by atoms with Crippen molar-refractivity contribution in [3.05, 3.63) is 65.2 Å². The molecule has 1 aliphatic heterocycles. The third-order valence-corrected chi connectivity index (χ3v) is 5.25. The second kappa shape index (κ2) is 9.51. The molecule has 0 unspecified atom stereocenters. The van der Waals surface area contributed by atoms with Crippen LogP contribution in [-0.2, 0) is 17.9 Å². The van der Waals surface area contributed by atoms with Crippen molar-refractivity contribution >= 4 is 17.5 Å². The molecular weight excluding hydrogens is 350 g/mol. The van der Waals surface area contributed by atoms with Gasteiger partial charge in [-0.05, 0) is 54.9 Å². The monoisotopic (exact) mass is 379 g/mol. The Morgan fingerprint density at radius 1 is 1.07 bits per heavy atom. The predicted octanol–water partition coefficient (Wildman–Crippen LogP) is 3.90. The van der Waals surface area contributed by atoms with Crippen LogP contribution in [0.25, 0.3) is 0 Å². The summed E-state index contributed by atoms with van der Waals surface area (Å²) in [5.74, 6) is 0.0928. The summed E-state index contributed by atoms with van der Waals surface area (Å²) >= 11 is 0. The van der Waals surface area contributed by atoms with Gasteiger partial charge >= 0.3 is 0 Å². The van der Waals surface area contributed by atoms with E-state index in [0.29, 0.717) is 18.5 Å². The molecule has 0 aliphatic carbocycles. The van der Waals surface area contributed by atoms with Crippen LogP contribution in [0.3, 0.4) is 0 Å². The van der Waals surface area contributed by atoms with E-state index in [1.165, 1.54) is 5.56 Å². The van der Waals surface area contributed by atoms with Gasteiger partial charge in [0.15, 0.2) is 0 Å². The van der Waals surface area contributed by atoms with Crippen molar-refractivity contribution < 1.29 is 9.59 Å². The number of nitrogens with one attached hydrogen (secondary N) is 1. The van der Waals surface area contributed by atoms with Gasteiger partial charge in [-0.3, -0.25) is 14.5 Å². The maximum absolute atomic E-state index is 12.6. The van der Waals surface area contributed by atoms with E-state index in [0.717, 1.165) is 43.9 Å². The van der Waals surface area contributed by atoms with Gasteiger partial charge in [-0.25, -0.2) is 0 Å². The average Bonchev–Trinajstić information content (AvgIpc) is 3.11. The van der Waals surface area contributed by atoms with Gasteiger partial charge in [-0.1, -0.05) is 38.1 Å². The van der Waals surface area contributed by atoms with Crippen LogP contribution >= 0.6 is 0 Å². The molecule has 1 fully saturated rings. The zero-order valence-electron chi connectivity index (χ0n) is 16.8. The molecule has 1 aliphatic rings. The Balaban J connectivity index is 1.60. The molecule has 2 amide bonds. The maximum Gasteiger partial charge on any atom is 0.255 e. The van der Waals surface area contributed by atoms with E-state index in [1.807, 2.05) is 47.4 Å². The number of carbonyl (C=O) groups excluding carboxylic acids is 2. The number of carbonyl (C=O) groups is 2. The highest BCUT2D eigenvalue weighted by Crippen LogP contribution is 2.17. The van der Waals surface area contributed by atoms with Gasteiger partial charge in [0.1, 0.15) is 0 Å². The van der Waals surface area contributed by atoms with E-state index in [2.05, 4.69) is 30.1 Å². The van der Waals surface area contributed by atoms with Crippen molar-refractivity contribution in [2.45, 2.75) is 39.8 Å². The van der Waals surface area contributed by atoms with Crippen molar-refractivity contribution in [1.29, 1.82) is 0 Å². The minimum absolute atomic E-state index is 0.121. The normalized spacial score (nSPS) is 14.0. The first-order chi connectivity index (χ1) is 13.6. The number of anilines is 1. The third kappa shape index (κ3) is 5.20. The van der Waals surface area contributed by atoms with E-state index in [-0.39, 0.29) is 11.8 Å². The SMILES string of the molecule is CCN(CC)Cc1cccc(NC(=O)c2ccc(CN3CCCC3=O)cc2)c1. The molecule has 1 heterocycles. The first kappa shape index (κ1) is 20.1. The molecule has 28 heavy (non-hydrogen) atoms. The number of likely N-dealkylation sites (tertiary alicyclic amines) is 1. The van der Waals surface area contributed by atoms with E-state index in [4.69, 9.17) is 0 Å². The number of nitrogens with zero attached hydrogens (tertiary/aromatic N) is 2. The summed E-state index contributed by atoms with van der Waals surface area (Å²) in [6.07, 6.45) is 1.58. The summed E-state index contributed by atoms with van der Waals surface area (Å²) in [6, 6.07) is 15.5. The standard InChI is InChI=1S/C23H29N3O2/c1-3-25(4-2)16-19-7-5-8-21(15-19)24-23(28)20-12-10-18(11-13-20)17-26-14-6-9-22(26)27/h5,7-8,10-13,15H,3-4,6,9,14,16-17H2,1-2H3,(H,24,28). The molecule has 1 saturated heterocycles. The van der Waals surface area contributed by atoms with Crippen LogP contribution in [0.4, 0.5) is 5.69 Å². The molecule has 2 aromatic rings. The van der Waals surface area contributed by atoms with Crippen LogP contribution in [0.1, 0.15) is 48.2 Å². The highest BCUT2D eigenvalue weighted by molar-refractivity contribution is 6.04. The zero-order chi connectivity index (χ0) is 19.9. The lowest BCUT2D eigenvalue weighted by molar-refractivity contribution is -0.128. The van der Waals surface area contributed by atoms with Gasteiger partial charge in [0.2, 0.25) is 5.91 Å². The molecule has 0 aromatic heterocycles. The van der Waals surface area contributed by atoms with Crippen LogP contribution < -0.4 is 5.32 Å². The Hall–Kier alpha value is -2.66. The van der Waals surface area contributed by atoms with Gasteiger partial charge in [-0.15, -0.1) is 0 Å². The Morgan fingerprint density at radius 3 is 2.46 bits per heavy atom. The highest BCUT2D eigenvalue weighted by atomic mass is 16.2. The van der Waals surface area contributed by atoms with E-state index in [1.54, 1.807) is 0 Å². The summed E-state index contributed by atoms with van der Waals surface area (Å²) in [5.41, 5.74) is 3.66. The van der Waals surface area contributed by atoms with Crippen LogP contribution in [0.15, 0.2) is 48.5 Å². The second-order valence-electron chi connectivity index (χ2n) is 7.23. The van der Waals surface area contributed by atoms with Crippen molar-refractivity contribution in [3.8, 4) is 0 Å². The lowest BCUT2D eigenvalue weighted by atomic mass is 10.1. The molecule has 0 atom stereocenters. The number of hydrogen-bond donors (Lipinski definition) is 1. The van der Waals surface area contributed by atoms with Gasteiger partial charge < -0.3 is 10.2 Å². The molecule has 2 aromatic carbocycles. The summed E-state index contributed by atoms with van der Waals surface area (Å²) in [5, 5.41) is 2.99. The van der Waals surface area contributed by atoms with Crippen LogP contribution in [-0.4, -0.2) is 41.2 Å². The lowest BCUT2D eigenvalue weighted by Crippen LogP contribution is -2.23. The molecule has 5 heteroatoms. The number of hydrogen-bond acceptors (Lipinski definition) is 3. The van der Waals surface area contributed by atoms with Gasteiger partial charge in [-0.2, -0.15) is 0 Å². The Labute approximate surface area is 167 Å². The molecule has 1 N–H and O–H groups in total. The molecule has 0 radical (unpaired) electrons. The molecule has 0 bridgehead atoms. The fourth-order valence-corrected chi connectivity index (χ4v) is 3.51. The Morgan fingerprint density at radius 2 is 1.82 bits per heavy atom. The lowest BCUT2D eigenvalue weighted by Gasteiger charge is -2.18. The Kier molecular flexibility index (Phi) is 6.82. The summed E-state index contributed by atoms with van der Waals surface area (Å²) in [4.78, 5) is 28.5. The molecule has 3 rings (SSSR count). The van der Waals surface area contributed by atoms with Gasteiger partial charge in [0.05, 0.1) is 0 Å². The van der Waals surface area contributed by atoms with Crippen LogP contribution in [0.2, 0.25) is 0 Å². The van der Waals surface area contributed by atoms with Crippen LogP contribution in [0, 0.1) is 0 Å². The molecule has 148 valence electrons. The highest BCUT2D eigenvalue weighted by Gasteiger charge is 2.20. The third-order valence-electron chi connectivity index (χ3n) is 5.25. The van der Waals surface area contributed by atoms with Crippen molar-refractivity contribution in [3.63, 3.8) is 0 Å². The maximum atomic E-state index is 12.6. The van der Waals surface area contributed by atoms with Crippen molar-refractivity contribution in [2.75, 3.05) is 25.0 Å². The van der Waals surface area contributed by atoms with E-state index >= 15 is 0 Å². The number of benzene rings is 2. The minimum Gasteiger partial charge on any atom is -0.338 e. The summed E-state index contributed by atoms with van der Waals surface area (Å²) < 4.78 is 0. The van der Waals surface area contributed by atoms with Crippen molar-refractivity contribution in [2.24, 2.45) is 0 Å². The average molecular weight is 380 g/mol. The van der Waals surface area contributed by atoms with Gasteiger partial charge in [0.25, 0.3) is 5.91 Å². The van der Waals surface area contributed by atoms with Gasteiger partial charge in [0, 0.05) is 37.3 Å². The Bertz CT molecular complexity index is 813. The molecule has 0 spiro atoms. The quantitative estimate of drug-likeness (QED) is 0.757. The fraction of sp³-hybridized carbons (Fsp3) is 0.391. The van der Waals surface area contributed by atoms with Crippen LogP contribution in [0.5, 0.6) is 0 Å². The smallest absolute Gasteiger partial charge is 0.255 e. The number of rotatable bonds is 8. The fourth-order valence-electron chi connectivity index (χ4n) is 3.51. The molecule has 0 saturated carbocycles. The largest absolute Gasteiger partial charge is 0.338 e. The zero-order valence-corrected chi connectivity index (χ0v) is 16.8. The summed E-state index contributed by atoms with van der Waals surface area (Å²) in [7, 11) is 0. The number of amides is 2.